The van der Waals surface area contributed by atoms with Crippen molar-refractivity contribution in [1.82, 2.24) is 10.2 Å². The summed E-state index contributed by atoms with van der Waals surface area (Å²) in [6, 6.07) is 6.73. The van der Waals surface area contributed by atoms with Crippen LogP contribution in [0.15, 0.2) is 29.3 Å². The molecule has 0 radical (unpaired) electrons. The van der Waals surface area contributed by atoms with Gasteiger partial charge in [-0.3, -0.25) is 4.99 Å². The number of nitrogens with two attached hydrogens (primary N) is 1. The Kier molecular flexibility index (Phi) is 8.86. The van der Waals surface area contributed by atoms with Crippen LogP contribution in [0.3, 0.4) is 0 Å². The fraction of sp³-hybridized carbons (Fsp3) is 0.533. The number of nitrogens with one attached hydrogen (secondary N) is 1. The molecule has 1 aromatic carbocycles. The van der Waals surface area contributed by atoms with E-state index in [9.17, 15) is 12.8 Å². The summed E-state index contributed by atoms with van der Waals surface area (Å²) in [5.74, 6) is 0.255. The molecule has 0 aliphatic carbocycles. The maximum atomic E-state index is 13.9. The minimum Gasteiger partial charge on any atom is -0.366 e. The van der Waals surface area contributed by atoms with E-state index in [0.717, 1.165) is 0 Å². The van der Waals surface area contributed by atoms with Crippen LogP contribution in [-0.2, 0) is 10.0 Å². The van der Waals surface area contributed by atoms with Crippen LogP contribution in [-0.4, -0.2) is 64.3 Å². The standard InChI is InChI=1S/C15H24FN5O2S.HI/c1-2-18-15(19-7-12-24(17,22)23)21-10-8-20(9-11-21)14-6-4-3-5-13(14)16;/h3-6H,2,7-12H2,1H3,(H,18,19)(H2,17,22,23);1H. The van der Waals surface area contributed by atoms with E-state index in [1.165, 1.54) is 6.07 Å². The average molecular weight is 485 g/mol. The largest absolute Gasteiger partial charge is 0.366 e. The van der Waals surface area contributed by atoms with Crippen molar-refractivity contribution in [2.75, 3.05) is 49.9 Å². The molecule has 10 heteroatoms. The molecule has 0 aromatic heterocycles. The summed E-state index contributed by atoms with van der Waals surface area (Å²) >= 11 is 0. The molecule has 0 amide bonds. The molecular weight excluding hydrogens is 460 g/mol. The molecule has 0 bridgehead atoms. The van der Waals surface area contributed by atoms with Gasteiger partial charge in [0.1, 0.15) is 5.82 Å². The molecule has 0 spiro atoms. The van der Waals surface area contributed by atoms with Crippen LogP contribution >= 0.6 is 24.0 Å². The van der Waals surface area contributed by atoms with E-state index in [1.54, 1.807) is 12.1 Å². The number of aliphatic imine (C=N–C) groups is 1. The SMILES string of the molecule is CCNC(=NCCS(N)(=O)=O)N1CCN(c2ccccc2F)CC1.I. The van der Waals surface area contributed by atoms with Gasteiger partial charge in [-0.05, 0) is 19.1 Å². The highest BCUT2D eigenvalue weighted by Gasteiger charge is 2.21. The van der Waals surface area contributed by atoms with Crippen LogP contribution in [0.1, 0.15) is 6.92 Å². The third kappa shape index (κ3) is 6.94. The fourth-order valence-corrected chi connectivity index (χ4v) is 2.92. The van der Waals surface area contributed by atoms with E-state index in [1.807, 2.05) is 22.8 Å². The number of para-hydroxylation sites is 1. The summed E-state index contributed by atoms with van der Waals surface area (Å²) in [5.41, 5.74) is 0.605. The molecule has 0 atom stereocenters. The molecule has 1 fully saturated rings. The van der Waals surface area contributed by atoms with Gasteiger partial charge in [-0.25, -0.2) is 17.9 Å². The Balaban J connectivity index is 0.00000312. The second kappa shape index (κ2) is 10.1. The number of anilines is 1. The average Bonchev–Trinajstić information content (AvgIpc) is 2.54. The minimum absolute atomic E-state index is 0. The highest BCUT2D eigenvalue weighted by atomic mass is 127. The summed E-state index contributed by atoms with van der Waals surface area (Å²) in [4.78, 5) is 8.36. The normalized spacial score (nSPS) is 15.7. The first kappa shape index (κ1) is 21.9. The van der Waals surface area contributed by atoms with Gasteiger partial charge in [0.25, 0.3) is 0 Å². The maximum absolute atomic E-state index is 13.9. The molecule has 0 saturated carbocycles. The summed E-state index contributed by atoms with van der Waals surface area (Å²) < 4.78 is 35.9. The van der Waals surface area contributed by atoms with Crippen molar-refractivity contribution in [2.45, 2.75) is 6.92 Å². The molecule has 1 aliphatic rings. The predicted molar refractivity (Wildman–Crippen MR) is 110 cm³/mol. The van der Waals surface area contributed by atoms with Crippen molar-refractivity contribution in [3.63, 3.8) is 0 Å². The molecular formula is C15H25FIN5O2S. The third-order valence-corrected chi connectivity index (χ3v) is 4.50. The van der Waals surface area contributed by atoms with Crippen molar-refractivity contribution in [1.29, 1.82) is 0 Å². The fourth-order valence-electron chi connectivity index (χ4n) is 2.57. The first-order chi connectivity index (χ1) is 11.4. The van der Waals surface area contributed by atoms with Crippen molar-refractivity contribution >= 4 is 45.6 Å². The lowest BCUT2D eigenvalue weighted by atomic mass is 10.2. The quantitative estimate of drug-likeness (QED) is 0.366. The molecule has 142 valence electrons. The van der Waals surface area contributed by atoms with Gasteiger partial charge in [0, 0.05) is 32.7 Å². The Hall–Kier alpha value is -1.14. The number of nitrogens with zero attached hydrogens (tertiary/aromatic N) is 3. The second-order valence-electron chi connectivity index (χ2n) is 5.53. The van der Waals surface area contributed by atoms with Crippen molar-refractivity contribution in [3.05, 3.63) is 30.1 Å². The number of hydrogen-bond acceptors (Lipinski definition) is 4. The van der Waals surface area contributed by atoms with E-state index >= 15 is 0 Å². The Labute approximate surface area is 165 Å². The lowest BCUT2D eigenvalue weighted by Gasteiger charge is -2.37. The molecule has 7 nitrogen and oxygen atoms in total. The van der Waals surface area contributed by atoms with Crippen LogP contribution < -0.4 is 15.4 Å². The number of hydrogen-bond donors (Lipinski definition) is 2. The molecule has 25 heavy (non-hydrogen) atoms. The highest BCUT2D eigenvalue weighted by Crippen LogP contribution is 2.20. The number of rotatable bonds is 5. The van der Waals surface area contributed by atoms with Gasteiger partial charge in [0.05, 0.1) is 18.0 Å². The van der Waals surface area contributed by atoms with E-state index in [2.05, 4.69) is 10.3 Å². The van der Waals surface area contributed by atoms with Crippen LogP contribution in [0.4, 0.5) is 10.1 Å². The van der Waals surface area contributed by atoms with Crippen LogP contribution in [0.25, 0.3) is 0 Å². The lowest BCUT2D eigenvalue weighted by Crippen LogP contribution is -2.52. The Morgan fingerprint density at radius 3 is 2.48 bits per heavy atom. The molecule has 1 saturated heterocycles. The molecule has 1 heterocycles. The molecule has 2 rings (SSSR count). The molecule has 0 unspecified atom stereocenters. The smallest absolute Gasteiger partial charge is 0.210 e. The monoisotopic (exact) mass is 485 g/mol. The predicted octanol–water partition coefficient (Wildman–Crippen LogP) is 0.820. The van der Waals surface area contributed by atoms with Crippen molar-refractivity contribution < 1.29 is 12.8 Å². The zero-order valence-corrected chi connectivity index (χ0v) is 17.3. The van der Waals surface area contributed by atoms with Crippen molar-refractivity contribution in [3.8, 4) is 0 Å². The number of sulfonamides is 1. The zero-order valence-electron chi connectivity index (χ0n) is 14.2. The van der Waals surface area contributed by atoms with Gasteiger partial charge in [0.2, 0.25) is 10.0 Å². The Bertz CT molecular complexity index is 678. The van der Waals surface area contributed by atoms with Crippen molar-refractivity contribution in [2.24, 2.45) is 10.1 Å². The number of halogens is 2. The van der Waals surface area contributed by atoms with Crippen LogP contribution in [0, 0.1) is 5.82 Å². The Morgan fingerprint density at radius 1 is 1.28 bits per heavy atom. The van der Waals surface area contributed by atoms with Gasteiger partial charge in [0.15, 0.2) is 5.96 Å². The van der Waals surface area contributed by atoms with E-state index in [0.29, 0.717) is 44.4 Å². The topological polar surface area (TPSA) is 91.0 Å². The molecule has 1 aliphatic heterocycles. The minimum atomic E-state index is -3.52. The second-order valence-corrected chi connectivity index (χ2v) is 7.26. The van der Waals surface area contributed by atoms with E-state index in [-0.39, 0.29) is 42.1 Å². The van der Waals surface area contributed by atoms with Gasteiger partial charge in [-0.15, -0.1) is 24.0 Å². The van der Waals surface area contributed by atoms with Gasteiger partial charge < -0.3 is 15.1 Å². The number of primary sulfonamides is 1. The molecule has 3 N–H and O–H groups in total. The number of benzene rings is 1. The van der Waals surface area contributed by atoms with E-state index in [4.69, 9.17) is 5.14 Å². The van der Waals surface area contributed by atoms with Crippen LogP contribution in [0.2, 0.25) is 0 Å². The van der Waals surface area contributed by atoms with Gasteiger partial charge in [-0.1, -0.05) is 12.1 Å². The van der Waals surface area contributed by atoms with Crippen LogP contribution in [0.5, 0.6) is 0 Å². The first-order valence-electron chi connectivity index (χ1n) is 7.94. The number of guanidine groups is 1. The molecule has 1 aromatic rings. The summed E-state index contributed by atoms with van der Waals surface area (Å²) in [6.45, 7) is 5.44. The highest BCUT2D eigenvalue weighted by molar-refractivity contribution is 14.0. The Morgan fingerprint density at radius 2 is 1.92 bits per heavy atom. The lowest BCUT2D eigenvalue weighted by molar-refractivity contribution is 0.371. The van der Waals surface area contributed by atoms with Gasteiger partial charge in [-0.2, -0.15) is 0 Å². The van der Waals surface area contributed by atoms with E-state index < -0.39 is 10.0 Å². The summed E-state index contributed by atoms with van der Waals surface area (Å²) in [7, 11) is -3.52. The summed E-state index contributed by atoms with van der Waals surface area (Å²) in [5, 5.41) is 8.15. The third-order valence-electron chi connectivity index (χ3n) is 3.74. The summed E-state index contributed by atoms with van der Waals surface area (Å²) in [6.07, 6.45) is 0. The maximum Gasteiger partial charge on any atom is 0.210 e. The zero-order chi connectivity index (χ0) is 17.6. The van der Waals surface area contributed by atoms with Gasteiger partial charge >= 0.3 is 0 Å². The number of piperazine rings is 1. The first-order valence-corrected chi connectivity index (χ1v) is 9.65.